The molecule has 296 valence electrons. The fraction of sp³-hybridized carbons (Fsp3) is 0. The van der Waals surface area contributed by atoms with E-state index in [4.69, 9.17) is 9.97 Å². The number of aromatic nitrogens is 2. The fourth-order valence-electron chi connectivity index (χ4n) is 10.4. The van der Waals surface area contributed by atoms with Crippen LogP contribution in [0.5, 0.6) is 0 Å². The molecule has 0 spiro atoms. The van der Waals surface area contributed by atoms with Crippen LogP contribution in [0.25, 0.3) is 132 Å². The highest BCUT2D eigenvalue weighted by Crippen LogP contribution is 2.46. The van der Waals surface area contributed by atoms with Crippen LogP contribution in [0.15, 0.2) is 231 Å². The van der Waals surface area contributed by atoms with Crippen LogP contribution in [0.2, 0.25) is 0 Å². The summed E-state index contributed by atoms with van der Waals surface area (Å²) >= 11 is 0. The van der Waals surface area contributed by atoms with Crippen LogP contribution in [0.3, 0.4) is 0 Å². The minimum absolute atomic E-state index is 0.708. The van der Waals surface area contributed by atoms with Gasteiger partial charge in [-0.25, -0.2) is 9.97 Å². The van der Waals surface area contributed by atoms with E-state index in [0.29, 0.717) is 5.82 Å². The Morgan fingerprint density at radius 2 is 0.656 bits per heavy atom. The van der Waals surface area contributed by atoms with Crippen molar-refractivity contribution < 1.29 is 0 Å². The van der Waals surface area contributed by atoms with E-state index in [9.17, 15) is 0 Å². The summed E-state index contributed by atoms with van der Waals surface area (Å²) in [6, 6.07) is 83.7. The van der Waals surface area contributed by atoms with E-state index in [1.165, 1.54) is 86.9 Å². The number of hydrogen-bond acceptors (Lipinski definition) is 2. The van der Waals surface area contributed by atoms with Gasteiger partial charge in [-0.05, 0) is 104 Å². The monoisotopic (exact) mass is 810 g/mol. The molecule has 0 unspecified atom stereocenters. The minimum Gasteiger partial charge on any atom is -0.228 e. The molecule has 2 nitrogen and oxygen atoms in total. The van der Waals surface area contributed by atoms with Crippen molar-refractivity contribution in [2.24, 2.45) is 0 Å². The van der Waals surface area contributed by atoms with Crippen molar-refractivity contribution in [1.82, 2.24) is 9.97 Å². The van der Waals surface area contributed by atoms with E-state index in [2.05, 4.69) is 206 Å². The second kappa shape index (κ2) is 14.6. The Morgan fingerprint density at radius 1 is 0.234 bits per heavy atom. The van der Waals surface area contributed by atoms with Gasteiger partial charge in [-0.2, -0.15) is 0 Å². The minimum atomic E-state index is 0.708. The van der Waals surface area contributed by atoms with Gasteiger partial charge in [-0.1, -0.05) is 224 Å². The quantitative estimate of drug-likeness (QED) is 0.128. The van der Waals surface area contributed by atoms with Gasteiger partial charge in [0.2, 0.25) is 0 Å². The van der Waals surface area contributed by atoms with Crippen LogP contribution in [0.4, 0.5) is 0 Å². The second-order valence-corrected chi connectivity index (χ2v) is 16.8. The Bertz CT molecular complexity index is 3870. The summed E-state index contributed by atoms with van der Waals surface area (Å²) in [7, 11) is 0. The van der Waals surface area contributed by atoms with E-state index in [1.807, 2.05) is 24.3 Å². The molecule has 0 saturated heterocycles. The molecule has 0 aliphatic carbocycles. The van der Waals surface area contributed by atoms with Crippen LogP contribution in [0.1, 0.15) is 0 Å². The molecule has 1 heterocycles. The Morgan fingerprint density at radius 3 is 1.27 bits per heavy atom. The lowest BCUT2D eigenvalue weighted by Gasteiger charge is -2.18. The first kappa shape index (κ1) is 36.2. The van der Waals surface area contributed by atoms with Gasteiger partial charge >= 0.3 is 0 Å². The fourth-order valence-corrected chi connectivity index (χ4v) is 10.4. The zero-order valence-electron chi connectivity index (χ0n) is 34.8. The lowest BCUT2D eigenvalue weighted by Crippen LogP contribution is -1.98. The number of fused-ring (bicyclic) bond motifs is 7. The zero-order valence-corrected chi connectivity index (χ0v) is 34.8. The predicted octanol–water partition coefficient (Wildman–Crippen LogP) is 16.9. The smallest absolute Gasteiger partial charge is 0.160 e. The zero-order chi connectivity index (χ0) is 42.1. The van der Waals surface area contributed by atoms with Crippen LogP contribution in [0, 0.1) is 0 Å². The van der Waals surface area contributed by atoms with Crippen molar-refractivity contribution in [3.05, 3.63) is 231 Å². The maximum Gasteiger partial charge on any atom is 0.160 e. The molecule has 2 heteroatoms. The van der Waals surface area contributed by atoms with Crippen molar-refractivity contribution in [2.75, 3.05) is 0 Å². The molecule has 13 aromatic rings. The molecule has 0 radical (unpaired) electrons. The van der Waals surface area contributed by atoms with Gasteiger partial charge in [-0.3, -0.25) is 0 Å². The Hall–Kier alpha value is -8.46. The van der Waals surface area contributed by atoms with Gasteiger partial charge < -0.3 is 0 Å². The van der Waals surface area contributed by atoms with E-state index < -0.39 is 0 Å². The molecule has 1 aromatic heterocycles. The first-order chi connectivity index (χ1) is 31.8. The molecule has 0 N–H and O–H groups in total. The van der Waals surface area contributed by atoms with Gasteiger partial charge in [0.05, 0.1) is 11.4 Å². The summed E-state index contributed by atoms with van der Waals surface area (Å²) in [6.45, 7) is 0. The molecular formula is C62H38N2. The summed E-state index contributed by atoms with van der Waals surface area (Å²) in [6.07, 6.45) is 0. The number of nitrogens with zero attached hydrogens (tertiary/aromatic N) is 2. The van der Waals surface area contributed by atoms with E-state index in [0.717, 1.165) is 38.9 Å². The van der Waals surface area contributed by atoms with Crippen molar-refractivity contribution in [1.29, 1.82) is 0 Å². The topological polar surface area (TPSA) is 25.8 Å². The summed E-state index contributed by atoms with van der Waals surface area (Å²) in [5, 5.41) is 17.4. The lowest BCUT2D eigenvalue weighted by molar-refractivity contribution is 1.19. The van der Waals surface area contributed by atoms with Gasteiger partial charge in [0.15, 0.2) is 5.82 Å². The summed E-state index contributed by atoms with van der Waals surface area (Å²) in [4.78, 5) is 10.5. The largest absolute Gasteiger partial charge is 0.228 e. The van der Waals surface area contributed by atoms with Gasteiger partial charge in [0.25, 0.3) is 0 Å². The van der Waals surface area contributed by atoms with Gasteiger partial charge in [0, 0.05) is 16.7 Å². The molecule has 0 atom stereocenters. The lowest BCUT2D eigenvalue weighted by atomic mass is 9.86. The van der Waals surface area contributed by atoms with Crippen molar-refractivity contribution in [3.63, 3.8) is 0 Å². The Balaban J connectivity index is 1.04. The van der Waals surface area contributed by atoms with Crippen molar-refractivity contribution in [3.8, 4) is 56.2 Å². The Kier molecular flexibility index (Phi) is 8.25. The van der Waals surface area contributed by atoms with E-state index in [-0.39, 0.29) is 0 Å². The SMILES string of the molecule is c1ccc(-c2cc(-c3c4ccccc4c(-c4ccc(-c5cccc6c7cccc8ccc9cccc(c%10ccccc%10c56)c9c87)cc4)c4ccccc34)nc(-c3ccccc3)n2)cc1. The molecule has 13 rings (SSSR count). The molecule has 0 saturated carbocycles. The van der Waals surface area contributed by atoms with Crippen LogP contribution in [-0.4, -0.2) is 9.97 Å². The van der Waals surface area contributed by atoms with Crippen LogP contribution in [-0.2, 0) is 0 Å². The summed E-state index contributed by atoms with van der Waals surface area (Å²) < 4.78 is 0. The average Bonchev–Trinajstić information content (AvgIpc) is 3.37. The highest BCUT2D eigenvalue weighted by molar-refractivity contribution is 6.34. The number of rotatable bonds is 5. The first-order valence-corrected chi connectivity index (χ1v) is 22.0. The number of benzene rings is 11. The summed E-state index contributed by atoms with van der Waals surface area (Å²) in [5.74, 6) is 0.708. The molecule has 0 aliphatic heterocycles. The molecule has 12 aromatic carbocycles. The molecule has 0 fully saturated rings. The normalized spacial score (nSPS) is 11.8. The third-order valence-electron chi connectivity index (χ3n) is 13.2. The molecular weight excluding hydrogens is 773 g/mol. The predicted molar refractivity (Wildman–Crippen MR) is 272 cm³/mol. The van der Waals surface area contributed by atoms with Crippen molar-refractivity contribution in [2.45, 2.75) is 0 Å². The Labute approximate surface area is 370 Å². The van der Waals surface area contributed by atoms with Crippen molar-refractivity contribution >= 4 is 75.4 Å². The first-order valence-electron chi connectivity index (χ1n) is 22.0. The van der Waals surface area contributed by atoms with Crippen LogP contribution >= 0.6 is 0 Å². The maximum absolute atomic E-state index is 5.34. The molecule has 0 aliphatic rings. The third-order valence-corrected chi connectivity index (χ3v) is 13.2. The molecule has 64 heavy (non-hydrogen) atoms. The van der Waals surface area contributed by atoms with Crippen LogP contribution < -0.4 is 0 Å². The standard InChI is InChI=1S/C62H38N2/c1-3-16-40(17-4-1)55-38-56(64-62(63-55)44-18-5-2-6-19-44)61-53-26-11-9-24-49(53)57(50-25-10-12-27-54(50)61)43-34-32-39(33-35-43)45-28-15-31-52-51-30-14-21-42-37-36-41-20-13-29-47(58(41)59(42)51)46-22-7-8-23-48(46)60(45)52/h1-38H. The molecule has 0 bridgehead atoms. The molecule has 0 amide bonds. The van der Waals surface area contributed by atoms with E-state index >= 15 is 0 Å². The highest BCUT2D eigenvalue weighted by Gasteiger charge is 2.20. The average molecular weight is 811 g/mol. The summed E-state index contributed by atoms with van der Waals surface area (Å²) in [5.41, 5.74) is 9.74. The van der Waals surface area contributed by atoms with Gasteiger partial charge in [0.1, 0.15) is 0 Å². The highest BCUT2D eigenvalue weighted by atomic mass is 14.9. The second-order valence-electron chi connectivity index (χ2n) is 16.8. The maximum atomic E-state index is 5.34. The number of hydrogen-bond donors (Lipinski definition) is 0. The van der Waals surface area contributed by atoms with Gasteiger partial charge in [-0.15, -0.1) is 0 Å². The van der Waals surface area contributed by atoms with E-state index in [1.54, 1.807) is 0 Å². The third kappa shape index (κ3) is 5.66.